The fraction of sp³-hybridized carbons (Fsp3) is 0. The maximum atomic E-state index is 10.8. The van der Waals surface area contributed by atoms with E-state index in [0.717, 1.165) is 5.23 Å². The minimum Gasteiger partial charge on any atom is -0.283 e. The van der Waals surface area contributed by atoms with Crippen LogP contribution < -0.4 is 16.4 Å². The summed E-state index contributed by atoms with van der Waals surface area (Å²) in [4.78, 5) is 14.1. The standard InChI is InChI=1S/C9H8N8O2/c10-5-1-4-8-12-15-17(13-8)14-9-7(16(18)19)3-2-6-11-9/h1-4,6,15H,(H,11,14)(H,12,13). The minimum absolute atomic E-state index is 0.0380. The maximum Gasteiger partial charge on any atom is 0.313 e. The van der Waals surface area contributed by atoms with Crippen LogP contribution in [0, 0.1) is 21.4 Å². The van der Waals surface area contributed by atoms with Crippen LogP contribution in [0.3, 0.4) is 0 Å². The third kappa shape index (κ3) is 2.93. The van der Waals surface area contributed by atoms with Crippen LogP contribution >= 0.6 is 0 Å². The van der Waals surface area contributed by atoms with E-state index in [2.05, 4.69) is 26.5 Å². The molecule has 0 atom stereocenters. The van der Waals surface area contributed by atoms with E-state index in [4.69, 9.17) is 5.26 Å². The Hall–Kier alpha value is -3.19. The summed E-state index contributed by atoms with van der Waals surface area (Å²) in [7, 11) is 0. The van der Waals surface area contributed by atoms with Gasteiger partial charge in [-0.2, -0.15) is 5.26 Å². The average Bonchev–Trinajstić information content (AvgIpc) is 2.84. The molecular weight excluding hydrogens is 252 g/mol. The molecule has 0 fully saturated rings. The smallest absolute Gasteiger partial charge is 0.283 e. The van der Waals surface area contributed by atoms with Gasteiger partial charge in [0.25, 0.3) is 0 Å². The predicted octanol–water partition coefficient (Wildman–Crippen LogP) is 0.0348. The first-order valence-corrected chi connectivity index (χ1v) is 5.03. The number of rotatable bonds is 4. The molecule has 10 heteroatoms. The van der Waals surface area contributed by atoms with E-state index in [1.54, 1.807) is 0 Å². The van der Waals surface area contributed by atoms with Crippen molar-refractivity contribution in [2.45, 2.75) is 0 Å². The summed E-state index contributed by atoms with van der Waals surface area (Å²) in [5.74, 6) is 0.406. The van der Waals surface area contributed by atoms with Gasteiger partial charge in [0.1, 0.15) is 0 Å². The van der Waals surface area contributed by atoms with Crippen LogP contribution in [0.5, 0.6) is 0 Å². The van der Waals surface area contributed by atoms with E-state index in [0.29, 0.717) is 5.84 Å². The third-order valence-electron chi connectivity index (χ3n) is 2.01. The molecule has 0 aromatic carbocycles. The number of aromatic nitrogens is 1. The first kappa shape index (κ1) is 12.3. The van der Waals surface area contributed by atoms with Crippen LogP contribution in [0.25, 0.3) is 0 Å². The van der Waals surface area contributed by atoms with E-state index >= 15 is 0 Å². The largest absolute Gasteiger partial charge is 0.313 e. The van der Waals surface area contributed by atoms with Crippen molar-refractivity contribution in [1.29, 1.82) is 5.26 Å². The number of anilines is 1. The zero-order chi connectivity index (χ0) is 13.7. The number of nitrogens with one attached hydrogen (secondary N) is 3. The van der Waals surface area contributed by atoms with E-state index in [1.807, 2.05) is 6.07 Å². The Kier molecular flexibility index (Phi) is 3.51. The molecular formula is C9H8N8O2. The van der Waals surface area contributed by atoms with Crippen LogP contribution in [0.4, 0.5) is 11.5 Å². The van der Waals surface area contributed by atoms with Crippen LogP contribution in [0.1, 0.15) is 0 Å². The summed E-state index contributed by atoms with van der Waals surface area (Å²) in [5.41, 5.74) is 7.63. The second-order valence-corrected chi connectivity index (χ2v) is 3.24. The fourth-order valence-electron chi connectivity index (χ4n) is 1.24. The highest BCUT2D eigenvalue weighted by Gasteiger charge is 2.18. The SMILES string of the molecule is N#CC=CC1=NN(Nc2ncccc2[N+](=O)[O-])NN1. The number of amidine groups is 1. The fourth-order valence-corrected chi connectivity index (χ4v) is 1.24. The van der Waals surface area contributed by atoms with Crippen LogP contribution in [0.15, 0.2) is 35.6 Å². The van der Waals surface area contributed by atoms with Gasteiger partial charge in [-0.15, -0.1) is 15.9 Å². The lowest BCUT2D eigenvalue weighted by molar-refractivity contribution is -0.384. The van der Waals surface area contributed by atoms with Crippen molar-refractivity contribution in [1.82, 2.24) is 21.2 Å². The Morgan fingerprint density at radius 1 is 1.63 bits per heavy atom. The first-order chi connectivity index (χ1) is 9.20. The molecule has 10 nitrogen and oxygen atoms in total. The van der Waals surface area contributed by atoms with Crippen molar-refractivity contribution < 1.29 is 4.92 Å². The molecule has 96 valence electrons. The predicted molar refractivity (Wildman–Crippen MR) is 64.8 cm³/mol. The number of nitro groups is 1. The van der Waals surface area contributed by atoms with Crippen molar-refractivity contribution in [2.75, 3.05) is 5.43 Å². The number of hydrazine groups is 3. The Bertz CT molecular complexity index is 590. The number of hydrogen-bond donors (Lipinski definition) is 3. The molecule has 0 amide bonds. The summed E-state index contributed by atoms with van der Waals surface area (Å²) in [6.45, 7) is 0. The van der Waals surface area contributed by atoms with Crippen LogP contribution in [-0.2, 0) is 0 Å². The lowest BCUT2D eigenvalue weighted by Crippen LogP contribution is -2.41. The van der Waals surface area contributed by atoms with Crippen molar-refractivity contribution in [3.8, 4) is 6.07 Å². The van der Waals surface area contributed by atoms with Gasteiger partial charge in [-0.25, -0.2) is 10.4 Å². The number of pyridine rings is 1. The lowest BCUT2D eigenvalue weighted by atomic mass is 10.4. The first-order valence-electron chi connectivity index (χ1n) is 5.03. The van der Waals surface area contributed by atoms with Gasteiger partial charge in [0.2, 0.25) is 5.82 Å². The molecule has 1 aliphatic heterocycles. The van der Waals surface area contributed by atoms with Crippen LogP contribution in [0.2, 0.25) is 0 Å². The Morgan fingerprint density at radius 2 is 2.47 bits per heavy atom. The van der Waals surface area contributed by atoms with E-state index in [-0.39, 0.29) is 11.5 Å². The van der Waals surface area contributed by atoms with Crippen molar-refractivity contribution in [3.05, 3.63) is 40.6 Å². The highest BCUT2D eigenvalue weighted by molar-refractivity contribution is 5.93. The Morgan fingerprint density at radius 3 is 3.21 bits per heavy atom. The van der Waals surface area contributed by atoms with Gasteiger partial charge in [-0.1, -0.05) is 0 Å². The Labute approximate surface area is 107 Å². The van der Waals surface area contributed by atoms with Crippen molar-refractivity contribution in [2.24, 2.45) is 5.10 Å². The molecule has 3 N–H and O–H groups in total. The quantitative estimate of drug-likeness (QED) is 0.392. The average molecular weight is 260 g/mol. The highest BCUT2D eigenvalue weighted by atomic mass is 16.6. The zero-order valence-corrected chi connectivity index (χ0v) is 9.44. The van der Waals surface area contributed by atoms with Gasteiger partial charge in [-0.05, 0) is 12.1 Å². The van der Waals surface area contributed by atoms with Crippen molar-refractivity contribution >= 4 is 17.3 Å². The summed E-state index contributed by atoms with van der Waals surface area (Å²) in [5, 5.41) is 24.2. The Balaban J connectivity index is 2.11. The molecule has 0 aliphatic carbocycles. The number of nitrogens with zero attached hydrogens (tertiary/aromatic N) is 5. The molecule has 2 rings (SSSR count). The molecule has 0 saturated heterocycles. The van der Waals surface area contributed by atoms with Gasteiger partial charge in [0.05, 0.1) is 11.0 Å². The van der Waals surface area contributed by atoms with Crippen molar-refractivity contribution in [3.63, 3.8) is 0 Å². The molecule has 0 saturated carbocycles. The van der Waals surface area contributed by atoms with Gasteiger partial charge >= 0.3 is 5.69 Å². The van der Waals surface area contributed by atoms with Gasteiger partial charge in [0, 0.05) is 18.3 Å². The molecule has 0 radical (unpaired) electrons. The molecule has 19 heavy (non-hydrogen) atoms. The molecule has 0 spiro atoms. The summed E-state index contributed by atoms with van der Waals surface area (Å²) in [6.07, 6.45) is 4.08. The zero-order valence-electron chi connectivity index (χ0n) is 9.44. The maximum absolute atomic E-state index is 10.8. The van der Waals surface area contributed by atoms with Gasteiger partial charge in [-0.3, -0.25) is 15.5 Å². The second kappa shape index (κ2) is 5.43. The molecule has 1 aliphatic rings. The summed E-state index contributed by atoms with van der Waals surface area (Å²) >= 11 is 0. The highest BCUT2D eigenvalue weighted by Crippen LogP contribution is 2.20. The number of allylic oxidation sites excluding steroid dienone is 1. The monoisotopic (exact) mass is 260 g/mol. The van der Waals surface area contributed by atoms with E-state index in [9.17, 15) is 10.1 Å². The number of hydrogen-bond acceptors (Lipinski definition) is 9. The normalized spacial score (nSPS) is 13.8. The molecule has 0 bridgehead atoms. The van der Waals surface area contributed by atoms with Gasteiger partial charge in [0.15, 0.2) is 5.84 Å². The van der Waals surface area contributed by atoms with Crippen LogP contribution in [-0.4, -0.2) is 21.0 Å². The number of nitriles is 1. The van der Waals surface area contributed by atoms with E-state index in [1.165, 1.54) is 30.5 Å². The minimum atomic E-state index is -0.557. The summed E-state index contributed by atoms with van der Waals surface area (Å²) in [6, 6.07) is 4.59. The second-order valence-electron chi connectivity index (χ2n) is 3.24. The summed E-state index contributed by atoms with van der Waals surface area (Å²) < 4.78 is 0. The number of hydrazone groups is 1. The van der Waals surface area contributed by atoms with E-state index < -0.39 is 4.92 Å². The van der Waals surface area contributed by atoms with Gasteiger partial charge < -0.3 is 0 Å². The molecule has 1 aromatic heterocycles. The lowest BCUT2D eigenvalue weighted by Gasteiger charge is -2.13. The molecule has 1 aromatic rings. The molecule has 0 unspecified atom stereocenters. The topological polar surface area (TPSA) is 132 Å². The molecule has 2 heterocycles. The third-order valence-corrected chi connectivity index (χ3v) is 2.01.